The molecule has 8 nitrogen and oxygen atoms in total. The van der Waals surface area contributed by atoms with E-state index < -0.39 is 23.9 Å². The maximum Gasteiger partial charge on any atom is 0.471 e. The summed E-state index contributed by atoms with van der Waals surface area (Å²) in [4.78, 5) is 32.5. The van der Waals surface area contributed by atoms with Crippen molar-refractivity contribution >= 4 is 28.9 Å². The number of carboxylic acid groups (broad SMARTS) is 1. The number of aromatic nitrogens is 4. The van der Waals surface area contributed by atoms with E-state index >= 15 is 0 Å². The SMILES string of the molecule is O=C(O)CCn1cnc2c(NC(=O)C(F)(F)F)ncnc21. The number of aliphatic carboxylic acids is 1. The van der Waals surface area contributed by atoms with Gasteiger partial charge in [0.05, 0.1) is 12.7 Å². The Bertz CT molecular complexity index is 697. The number of carboxylic acids is 1. The minimum absolute atomic E-state index is 0.0372. The van der Waals surface area contributed by atoms with E-state index in [4.69, 9.17) is 5.11 Å². The van der Waals surface area contributed by atoms with Crippen LogP contribution in [0.5, 0.6) is 0 Å². The lowest BCUT2D eigenvalue weighted by Crippen LogP contribution is -2.30. The zero-order valence-electron chi connectivity index (χ0n) is 10.3. The average molecular weight is 303 g/mol. The van der Waals surface area contributed by atoms with E-state index in [1.54, 1.807) is 5.32 Å². The second-order valence-corrected chi connectivity index (χ2v) is 3.93. The first kappa shape index (κ1) is 14.7. The van der Waals surface area contributed by atoms with Gasteiger partial charge in [0, 0.05) is 6.54 Å². The van der Waals surface area contributed by atoms with Gasteiger partial charge in [0.25, 0.3) is 0 Å². The third kappa shape index (κ3) is 3.24. The first-order valence-corrected chi connectivity index (χ1v) is 5.55. The number of imidazole rings is 1. The molecule has 1 amide bonds. The summed E-state index contributed by atoms with van der Waals surface area (Å²) < 4.78 is 38.0. The van der Waals surface area contributed by atoms with E-state index in [0.717, 1.165) is 6.33 Å². The van der Waals surface area contributed by atoms with E-state index in [0.29, 0.717) is 0 Å². The minimum Gasteiger partial charge on any atom is -0.481 e. The maximum absolute atomic E-state index is 12.2. The van der Waals surface area contributed by atoms with Crippen molar-refractivity contribution in [1.82, 2.24) is 19.5 Å². The van der Waals surface area contributed by atoms with Crippen LogP contribution < -0.4 is 5.32 Å². The fourth-order valence-electron chi connectivity index (χ4n) is 1.53. The monoisotopic (exact) mass is 303 g/mol. The van der Waals surface area contributed by atoms with Crippen LogP contribution in [0.2, 0.25) is 0 Å². The Morgan fingerprint density at radius 3 is 2.62 bits per heavy atom. The summed E-state index contributed by atoms with van der Waals surface area (Å²) in [5.41, 5.74) is 0.0733. The molecule has 2 heterocycles. The van der Waals surface area contributed by atoms with Crippen LogP contribution in [0.1, 0.15) is 6.42 Å². The number of rotatable bonds is 4. The van der Waals surface area contributed by atoms with Crippen LogP contribution in [0, 0.1) is 0 Å². The van der Waals surface area contributed by atoms with Gasteiger partial charge in [-0.05, 0) is 0 Å². The topological polar surface area (TPSA) is 110 Å². The van der Waals surface area contributed by atoms with Crippen LogP contribution in [-0.2, 0) is 16.1 Å². The van der Waals surface area contributed by atoms with Crippen LogP contribution >= 0.6 is 0 Å². The van der Waals surface area contributed by atoms with Gasteiger partial charge in [-0.1, -0.05) is 0 Å². The zero-order chi connectivity index (χ0) is 15.6. The zero-order valence-corrected chi connectivity index (χ0v) is 10.3. The Morgan fingerprint density at radius 1 is 1.29 bits per heavy atom. The van der Waals surface area contributed by atoms with Gasteiger partial charge in [0.2, 0.25) is 0 Å². The molecule has 0 fully saturated rings. The molecular formula is C10H8F3N5O3. The highest BCUT2D eigenvalue weighted by atomic mass is 19.4. The number of hydrogen-bond acceptors (Lipinski definition) is 5. The van der Waals surface area contributed by atoms with E-state index in [-0.39, 0.29) is 24.1 Å². The van der Waals surface area contributed by atoms with Gasteiger partial charge in [0.15, 0.2) is 17.0 Å². The number of nitrogens with one attached hydrogen (secondary N) is 1. The van der Waals surface area contributed by atoms with Crippen molar-refractivity contribution in [3.8, 4) is 0 Å². The molecule has 2 N–H and O–H groups in total. The molecule has 112 valence electrons. The van der Waals surface area contributed by atoms with Gasteiger partial charge >= 0.3 is 18.1 Å². The second kappa shape index (κ2) is 5.34. The van der Waals surface area contributed by atoms with E-state index in [9.17, 15) is 22.8 Å². The molecule has 11 heteroatoms. The summed E-state index contributed by atoms with van der Waals surface area (Å²) in [6.07, 6.45) is -3.10. The lowest BCUT2D eigenvalue weighted by atomic mass is 10.4. The van der Waals surface area contributed by atoms with Crippen LogP contribution in [0.15, 0.2) is 12.7 Å². The smallest absolute Gasteiger partial charge is 0.471 e. The van der Waals surface area contributed by atoms with Crippen molar-refractivity contribution in [3.05, 3.63) is 12.7 Å². The molecule has 0 aliphatic heterocycles. The number of nitrogens with zero attached hydrogens (tertiary/aromatic N) is 4. The summed E-state index contributed by atoms with van der Waals surface area (Å²) in [6, 6.07) is 0. The second-order valence-electron chi connectivity index (χ2n) is 3.93. The predicted molar refractivity (Wildman–Crippen MR) is 62.3 cm³/mol. The fourth-order valence-corrected chi connectivity index (χ4v) is 1.53. The quantitative estimate of drug-likeness (QED) is 0.864. The van der Waals surface area contributed by atoms with Crippen molar-refractivity contribution in [1.29, 1.82) is 0 Å². The normalized spacial score (nSPS) is 11.6. The first-order valence-electron chi connectivity index (χ1n) is 5.55. The number of amides is 1. The van der Waals surface area contributed by atoms with Crippen molar-refractivity contribution in [2.24, 2.45) is 0 Å². The van der Waals surface area contributed by atoms with Gasteiger partial charge in [-0.15, -0.1) is 0 Å². The number of halogens is 3. The standard InChI is InChI=1S/C10H8F3N5O3/c11-10(12,13)9(21)17-7-6-8(15-3-14-7)18(4-16-6)2-1-5(19)20/h3-4H,1-2H2,(H,19,20)(H,14,15,17,21). The number of hydrogen-bond donors (Lipinski definition) is 2. The number of aryl methyl sites for hydroxylation is 1. The summed E-state index contributed by atoms with van der Waals surface area (Å²) in [6.45, 7) is 0.0372. The Balaban J connectivity index is 2.30. The van der Waals surface area contributed by atoms with Crippen LogP contribution in [-0.4, -0.2) is 42.7 Å². The fraction of sp³-hybridized carbons (Fsp3) is 0.300. The van der Waals surface area contributed by atoms with Gasteiger partial charge in [-0.3, -0.25) is 9.59 Å². The number of anilines is 1. The highest BCUT2D eigenvalue weighted by Gasteiger charge is 2.39. The van der Waals surface area contributed by atoms with E-state index in [1.165, 1.54) is 10.9 Å². The van der Waals surface area contributed by atoms with Gasteiger partial charge in [0.1, 0.15) is 6.33 Å². The number of carbonyl (C=O) groups is 2. The molecule has 0 aliphatic rings. The van der Waals surface area contributed by atoms with E-state index in [1.807, 2.05) is 0 Å². The number of alkyl halides is 3. The molecule has 0 atom stereocenters. The largest absolute Gasteiger partial charge is 0.481 e. The number of carbonyl (C=O) groups excluding carboxylic acids is 1. The van der Waals surface area contributed by atoms with Crippen molar-refractivity contribution in [3.63, 3.8) is 0 Å². The lowest BCUT2D eigenvalue weighted by molar-refractivity contribution is -0.167. The van der Waals surface area contributed by atoms with Gasteiger partial charge in [-0.2, -0.15) is 13.2 Å². The molecule has 0 unspecified atom stereocenters. The predicted octanol–water partition coefficient (Wildman–Crippen LogP) is 0.802. The molecule has 21 heavy (non-hydrogen) atoms. The molecular weight excluding hydrogens is 295 g/mol. The molecule has 0 radical (unpaired) electrons. The highest BCUT2D eigenvalue weighted by molar-refractivity contribution is 5.99. The average Bonchev–Trinajstić information content (AvgIpc) is 2.79. The van der Waals surface area contributed by atoms with Crippen molar-refractivity contribution < 1.29 is 27.9 Å². The maximum atomic E-state index is 12.2. The number of fused-ring (bicyclic) bond motifs is 1. The van der Waals surface area contributed by atoms with Crippen LogP contribution in [0.4, 0.5) is 19.0 Å². The lowest BCUT2D eigenvalue weighted by Gasteiger charge is -2.07. The molecule has 0 saturated heterocycles. The molecule has 0 saturated carbocycles. The van der Waals surface area contributed by atoms with Crippen LogP contribution in [0.3, 0.4) is 0 Å². The first-order chi connectivity index (χ1) is 9.79. The third-order valence-corrected chi connectivity index (χ3v) is 2.46. The Hall–Kier alpha value is -2.72. The summed E-state index contributed by atoms with van der Waals surface area (Å²) in [7, 11) is 0. The highest BCUT2D eigenvalue weighted by Crippen LogP contribution is 2.21. The summed E-state index contributed by atoms with van der Waals surface area (Å²) >= 11 is 0. The summed E-state index contributed by atoms with van der Waals surface area (Å²) in [5, 5.41) is 10.2. The Labute approximate surface area is 114 Å². The molecule has 2 aromatic heterocycles. The van der Waals surface area contributed by atoms with Crippen molar-refractivity contribution in [2.75, 3.05) is 5.32 Å². The molecule has 2 aromatic rings. The van der Waals surface area contributed by atoms with Crippen LogP contribution in [0.25, 0.3) is 11.2 Å². The molecule has 2 rings (SSSR count). The summed E-state index contributed by atoms with van der Waals surface area (Å²) in [5.74, 6) is -3.62. The van der Waals surface area contributed by atoms with Gasteiger partial charge in [-0.25, -0.2) is 15.0 Å². The van der Waals surface area contributed by atoms with Crippen molar-refractivity contribution in [2.45, 2.75) is 19.1 Å². The molecule has 0 aliphatic carbocycles. The van der Waals surface area contributed by atoms with Gasteiger partial charge < -0.3 is 15.0 Å². The minimum atomic E-state index is -5.05. The third-order valence-electron chi connectivity index (χ3n) is 2.46. The Kier molecular flexibility index (Phi) is 3.74. The van der Waals surface area contributed by atoms with E-state index in [2.05, 4.69) is 15.0 Å². The molecule has 0 bridgehead atoms. The Morgan fingerprint density at radius 2 is 2.00 bits per heavy atom. The molecule has 0 spiro atoms. The molecule has 0 aromatic carbocycles.